The van der Waals surface area contributed by atoms with Crippen molar-refractivity contribution in [1.29, 1.82) is 0 Å². The number of esters is 2. The van der Waals surface area contributed by atoms with Gasteiger partial charge >= 0.3 is 11.9 Å². The van der Waals surface area contributed by atoms with Crippen LogP contribution in [0.3, 0.4) is 0 Å². The molecule has 0 unspecified atom stereocenters. The predicted molar refractivity (Wildman–Crippen MR) is 59.3 cm³/mol. The first-order valence-corrected chi connectivity index (χ1v) is 4.47. The van der Waals surface area contributed by atoms with Crippen LogP contribution in [0.5, 0.6) is 0 Å². The number of rotatable bonds is 5. The van der Waals surface area contributed by atoms with E-state index in [0.29, 0.717) is 0 Å². The Morgan fingerprint density at radius 1 is 1.12 bits per heavy atom. The molecule has 0 aliphatic carbocycles. The molecule has 0 radical (unpaired) electrons. The van der Waals surface area contributed by atoms with Crippen LogP contribution in [0.2, 0.25) is 0 Å². The monoisotopic (exact) mass is 222 g/mol. The fourth-order valence-electron chi connectivity index (χ4n) is 0.601. The third-order valence-corrected chi connectivity index (χ3v) is 1.40. The average Bonchev–Trinajstić information content (AvgIpc) is 2.17. The van der Waals surface area contributed by atoms with Crippen LogP contribution in [-0.2, 0) is 19.1 Å². The van der Waals surface area contributed by atoms with E-state index < -0.39 is 18.2 Å². The molecule has 0 saturated heterocycles. The van der Waals surface area contributed by atoms with Gasteiger partial charge in [-0.15, -0.1) is 5.73 Å². The SMILES string of the molecule is C=C=CC(OC(=O)C(=C)C)OC(=O)C(=C)C. The molecule has 0 aliphatic heterocycles. The zero-order chi connectivity index (χ0) is 12.7. The highest BCUT2D eigenvalue weighted by molar-refractivity contribution is 5.88. The maximum Gasteiger partial charge on any atom is 0.336 e. The minimum absolute atomic E-state index is 0.203. The average molecular weight is 222 g/mol. The van der Waals surface area contributed by atoms with E-state index in [1.807, 2.05) is 0 Å². The number of carbonyl (C=O) groups is 2. The molecule has 0 aromatic carbocycles. The lowest BCUT2D eigenvalue weighted by Crippen LogP contribution is -2.23. The van der Waals surface area contributed by atoms with Crippen molar-refractivity contribution >= 4 is 11.9 Å². The van der Waals surface area contributed by atoms with E-state index in [1.54, 1.807) is 0 Å². The Labute approximate surface area is 94.5 Å². The molecule has 0 bridgehead atoms. The van der Waals surface area contributed by atoms with Gasteiger partial charge in [0, 0.05) is 17.2 Å². The number of hydrogen-bond donors (Lipinski definition) is 0. The molecule has 4 heteroatoms. The summed E-state index contributed by atoms with van der Waals surface area (Å²) >= 11 is 0. The molecule has 86 valence electrons. The van der Waals surface area contributed by atoms with Crippen molar-refractivity contribution in [1.82, 2.24) is 0 Å². The normalized spacial score (nSPS) is 8.94. The lowest BCUT2D eigenvalue weighted by molar-refractivity contribution is -0.173. The van der Waals surface area contributed by atoms with Gasteiger partial charge in [-0.2, -0.15) is 0 Å². The highest BCUT2D eigenvalue weighted by Crippen LogP contribution is 2.05. The van der Waals surface area contributed by atoms with Gasteiger partial charge in [-0.05, 0) is 13.8 Å². The van der Waals surface area contributed by atoms with Crippen LogP contribution >= 0.6 is 0 Å². The highest BCUT2D eigenvalue weighted by Gasteiger charge is 2.16. The number of ether oxygens (including phenoxy) is 2. The zero-order valence-electron chi connectivity index (χ0n) is 9.41. The predicted octanol–water partition coefficient (Wildman–Crippen LogP) is 1.89. The largest absolute Gasteiger partial charge is 0.417 e. The fraction of sp³-hybridized carbons (Fsp3) is 0.250. The molecular weight excluding hydrogens is 208 g/mol. The van der Waals surface area contributed by atoms with Crippen LogP contribution in [0.15, 0.2) is 42.7 Å². The maximum absolute atomic E-state index is 11.2. The topological polar surface area (TPSA) is 52.6 Å². The van der Waals surface area contributed by atoms with Crippen LogP contribution in [-0.4, -0.2) is 18.2 Å². The molecule has 0 amide bonds. The van der Waals surface area contributed by atoms with Crippen molar-refractivity contribution in [2.24, 2.45) is 0 Å². The molecule has 0 atom stereocenters. The van der Waals surface area contributed by atoms with E-state index in [1.165, 1.54) is 19.9 Å². The van der Waals surface area contributed by atoms with E-state index in [2.05, 4.69) is 25.5 Å². The molecular formula is C12H14O4. The van der Waals surface area contributed by atoms with Crippen LogP contribution in [0.1, 0.15) is 13.8 Å². The standard InChI is InChI=1S/C12H14O4/c1-6-7-10(15-11(13)8(2)3)16-12(14)9(4)5/h7,10H,1-2,4H2,3,5H3. The molecule has 16 heavy (non-hydrogen) atoms. The second kappa shape index (κ2) is 6.43. The molecule has 0 saturated carbocycles. The summed E-state index contributed by atoms with van der Waals surface area (Å²) in [7, 11) is 0. The van der Waals surface area contributed by atoms with Crippen molar-refractivity contribution in [3.05, 3.63) is 42.7 Å². The lowest BCUT2D eigenvalue weighted by atomic mass is 10.3. The molecule has 0 spiro atoms. The van der Waals surface area contributed by atoms with Crippen LogP contribution in [0, 0.1) is 0 Å². The zero-order valence-corrected chi connectivity index (χ0v) is 9.41. The van der Waals surface area contributed by atoms with Crippen molar-refractivity contribution < 1.29 is 19.1 Å². The summed E-state index contributed by atoms with van der Waals surface area (Å²) in [5, 5.41) is 0. The van der Waals surface area contributed by atoms with Gasteiger partial charge in [-0.1, -0.05) is 19.7 Å². The molecule has 0 N–H and O–H groups in total. The van der Waals surface area contributed by atoms with E-state index in [4.69, 9.17) is 9.47 Å². The number of carbonyl (C=O) groups excluding carboxylic acids is 2. The minimum Gasteiger partial charge on any atom is -0.417 e. The van der Waals surface area contributed by atoms with Crippen LogP contribution in [0.4, 0.5) is 0 Å². The first-order valence-electron chi connectivity index (χ1n) is 4.47. The van der Waals surface area contributed by atoms with Crippen molar-refractivity contribution in [3.63, 3.8) is 0 Å². The summed E-state index contributed by atoms with van der Waals surface area (Å²) in [4.78, 5) is 22.4. The Balaban J connectivity index is 4.57. The summed E-state index contributed by atoms with van der Waals surface area (Å²) in [6.07, 6.45) is 0.0488. The Kier molecular flexibility index (Phi) is 5.60. The van der Waals surface area contributed by atoms with Gasteiger partial charge in [0.1, 0.15) is 0 Å². The van der Waals surface area contributed by atoms with Gasteiger partial charge in [-0.25, -0.2) is 9.59 Å². The molecule has 0 heterocycles. The molecule has 0 rings (SSSR count). The van der Waals surface area contributed by atoms with Crippen molar-refractivity contribution in [2.75, 3.05) is 0 Å². The summed E-state index contributed by atoms with van der Waals surface area (Å²) < 4.78 is 9.58. The highest BCUT2D eigenvalue weighted by atomic mass is 16.7. The van der Waals surface area contributed by atoms with E-state index in [9.17, 15) is 9.59 Å². The summed E-state index contributed by atoms with van der Waals surface area (Å²) in [5.74, 6) is -1.32. The Hall–Kier alpha value is -2.06. The summed E-state index contributed by atoms with van der Waals surface area (Å²) in [6, 6.07) is 0. The summed E-state index contributed by atoms with van der Waals surface area (Å²) in [5.41, 5.74) is 2.77. The van der Waals surface area contributed by atoms with E-state index in [-0.39, 0.29) is 11.1 Å². The van der Waals surface area contributed by atoms with Gasteiger partial charge in [0.25, 0.3) is 6.29 Å². The first kappa shape index (κ1) is 13.9. The Bertz CT molecular complexity index is 344. The van der Waals surface area contributed by atoms with Gasteiger partial charge in [-0.3, -0.25) is 0 Å². The molecule has 0 aromatic heterocycles. The van der Waals surface area contributed by atoms with Gasteiger partial charge in [0.05, 0.1) is 0 Å². The molecule has 4 nitrogen and oxygen atoms in total. The van der Waals surface area contributed by atoms with Crippen molar-refractivity contribution in [2.45, 2.75) is 20.1 Å². The lowest BCUT2D eigenvalue weighted by Gasteiger charge is -2.14. The van der Waals surface area contributed by atoms with Crippen molar-refractivity contribution in [3.8, 4) is 0 Å². The quantitative estimate of drug-likeness (QED) is 0.308. The second-order valence-corrected chi connectivity index (χ2v) is 3.11. The summed E-state index contributed by atoms with van der Waals surface area (Å²) in [6.45, 7) is 13.1. The van der Waals surface area contributed by atoms with Crippen LogP contribution in [0.25, 0.3) is 0 Å². The first-order chi connectivity index (χ1) is 7.38. The molecule has 0 aliphatic rings. The number of hydrogen-bond acceptors (Lipinski definition) is 4. The van der Waals surface area contributed by atoms with Gasteiger partial charge in [0.2, 0.25) is 0 Å². The molecule has 0 fully saturated rings. The van der Waals surface area contributed by atoms with E-state index >= 15 is 0 Å². The Morgan fingerprint density at radius 3 is 1.75 bits per heavy atom. The van der Waals surface area contributed by atoms with Gasteiger partial charge in [0.15, 0.2) is 0 Å². The smallest absolute Gasteiger partial charge is 0.336 e. The second-order valence-electron chi connectivity index (χ2n) is 3.11. The van der Waals surface area contributed by atoms with E-state index in [0.717, 1.165) is 0 Å². The van der Waals surface area contributed by atoms with Crippen LogP contribution < -0.4 is 0 Å². The third-order valence-electron chi connectivity index (χ3n) is 1.40. The minimum atomic E-state index is -1.16. The Morgan fingerprint density at radius 2 is 1.50 bits per heavy atom. The third kappa shape index (κ3) is 4.98. The fourth-order valence-corrected chi connectivity index (χ4v) is 0.601. The maximum atomic E-state index is 11.2. The molecule has 0 aromatic rings. The van der Waals surface area contributed by atoms with Gasteiger partial charge < -0.3 is 9.47 Å².